The number of anilines is 1. The molecular weight excluding hydrogens is 402 g/mol. The Balaban J connectivity index is 1.36. The quantitative estimate of drug-likeness (QED) is 0.506. The molecule has 30 heavy (non-hydrogen) atoms. The van der Waals surface area contributed by atoms with E-state index in [2.05, 4.69) is 15.2 Å². The molecule has 1 aromatic carbocycles. The molecule has 0 saturated carbocycles. The Morgan fingerprint density at radius 2 is 1.87 bits per heavy atom. The first kappa shape index (κ1) is 20.0. The third-order valence-electron chi connectivity index (χ3n) is 4.84. The summed E-state index contributed by atoms with van der Waals surface area (Å²) in [4.78, 5) is 20.1. The van der Waals surface area contributed by atoms with Crippen molar-refractivity contribution in [2.45, 2.75) is 6.18 Å². The Bertz CT molecular complexity index is 1030. The van der Waals surface area contributed by atoms with Gasteiger partial charge in [-0.3, -0.25) is 14.8 Å². The first-order valence-electron chi connectivity index (χ1n) is 9.15. The number of carbonyl (C=O) groups excluding carboxylic acids is 1. The van der Waals surface area contributed by atoms with E-state index in [9.17, 15) is 22.4 Å². The van der Waals surface area contributed by atoms with Gasteiger partial charge in [0, 0.05) is 24.8 Å². The number of nitrogens with one attached hydrogen (secondary N) is 1. The molecule has 1 aliphatic rings. The first-order chi connectivity index (χ1) is 14.3. The normalized spacial score (nSPS) is 15.0. The molecule has 2 aromatic heterocycles. The maximum absolute atomic E-state index is 13.0. The summed E-state index contributed by atoms with van der Waals surface area (Å²) in [5.74, 6) is -0.0946. The number of rotatable bonds is 5. The summed E-state index contributed by atoms with van der Waals surface area (Å²) in [7, 11) is 0. The lowest BCUT2D eigenvalue weighted by molar-refractivity contribution is -0.137. The number of Topliss-reactive ketones (excluding diaryl/α,β-unsaturated/α-hetero) is 1. The first-order valence-corrected chi connectivity index (χ1v) is 9.15. The highest BCUT2D eigenvalue weighted by atomic mass is 19.4. The van der Waals surface area contributed by atoms with Crippen molar-refractivity contribution in [1.82, 2.24) is 20.1 Å². The van der Waals surface area contributed by atoms with Gasteiger partial charge in [-0.1, -0.05) is 0 Å². The number of halogens is 4. The van der Waals surface area contributed by atoms with Crippen LogP contribution in [0.25, 0.3) is 11.3 Å². The lowest BCUT2D eigenvalue weighted by Gasteiger charge is -2.18. The Kier molecular flexibility index (Phi) is 5.25. The fourth-order valence-corrected chi connectivity index (χ4v) is 3.22. The largest absolute Gasteiger partial charge is 0.417 e. The van der Waals surface area contributed by atoms with Crippen LogP contribution in [0.3, 0.4) is 0 Å². The van der Waals surface area contributed by atoms with Gasteiger partial charge < -0.3 is 4.90 Å². The lowest BCUT2D eigenvalue weighted by Crippen LogP contribution is -2.30. The SMILES string of the molecule is O=C(CN1CCN(c2ccc(C(F)(F)F)cn2)C1)c1cc(-c2ccc(F)cc2)n[nH]1. The number of nitrogens with zero attached hydrogens (tertiary/aromatic N) is 4. The van der Waals surface area contributed by atoms with E-state index in [4.69, 9.17) is 0 Å². The fraction of sp³-hybridized carbons (Fsp3) is 0.250. The van der Waals surface area contributed by atoms with Crippen LogP contribution >= 0.6 is 0 Å². The number of alkyl halides is 3. The van der Waals surface area contributed by atoms with Gasteiger partial charge in [-0.05, 0) is 42.5 Å². The number of hydrogen-bond acceptors (Lipinski definition) is 5. The molecule has 0 spiro atoms. The number of hydrogen-bond donors (Lipinski definition) is 1. The smallest absolute Gasteiger partial charge is 0.342 e. The molecule has 10 heteroatoms. The molecule has 1 saturated heterocycles. The summed E-state index contributed by atoms with van der Waals surface area (Å²) in [5, 5.41) is 6.81. The molecular formula is C20H17F4N5O. The van der Waals surface area contributed by atoms with Gasteiger partial charge in [0.2, 0.25) is 0 Å². The molecule has 3 aromatic rings. The average molecular weight is 419 g/mol. The van der Waals surface area contributed by atoms with E-state index in [-0.39, 0.29) is 18.1 Å². The summed E-state index contributed by atoms with van der Waals surface area (Å²) in [6.07, 6.45) is -3.61. The van der Waals surface area contributed by atoms with Gasteiger partial charge >= 0.3 is 6.18 Å². The number of benzene rings is 1. The molecule has 0 radical (unpaired) electrons. The molecule has 6 nitrogen and oxygen atoms in total. The predicted octanol–water partition coefficient (Wildman–Crippen LogP) is 3.59. The summed E-state index contributed by atoms with van der Waals surface area (Å²) < 4.78 is 51.0. The molecule has 156 valence electrons. The minimum atomic E-state index is -4.42. The van der Waals surface area contributed by atoms with Crippen molar-refractivity contribution in [2.75, 3.05) is 31.2 Å². The number of H-pyrrole nitrogens is 1. The van der Waals surface area contributed by atoms with E-state index in [1.165, 1.54) is 18.2 Å². The minimum Gasteiger partial charge on any atom is -0.342 e. The number of ketones is 1. The third kappa shape index (κ3) is 4.33. The van der Waals surface area contributed by atoms with E-state index in [1.54, 1.807) is 18.2 Å². The van der Waals surface area contributed by atoms with Crippen LogP contribution in [0.1, 0.15) is 16.1 Å². The molecule has 0 unspecified atom stereocenters. The minimum absolute atomic E-state index is 0.127. The average Bonchev–Trinajstić information content (AvgIpc) is 3.38. The van der Waals surface area contributed by atoms with Crippen molar-refractivity contribution in [3.8, 4) is 11.3 Å². The van der Waals surface area contributed by atoms with Crippen LogP contribution in [0.15, 0.2) is 48.7 Å². The maximum Gasteiger partial charge on any atom is 0.417 e. The second-order valence-corrected chi connectivity index (χ2v) is 6.96. The highest BCUT2D eigenvalue weighted by Crippen LogP contribution is 2.29. The standard InChI is InChI=1S/C20H17F4N5O/c21-15-4-1-13(2-5-15)16-9-17(27-26-16)18(30)11-28-7-8-29(12-28)19-6-3-14(10-25-19)20(22,23)24/h1-6,9-10H,7-8,11-12H2,(H,26,27). The van der Waals surface area contributed by atoms with Crippen molar-refractivity contribution in [3.63, 3.8) is 0 Å². The van der Waals surface area contributed by atoms with Crippen LogP contribution in [0.2, 0.25) is 0 Å². The monoisotopic (exact) mass is 419 g/mol. The van der Waals surface area contributed by atoms with Crippen LogP contribution in [-0.4, -0.2) is 52.2 Å². The molecule has 1 aliphatic heterocycles. The van der Waals surface area contributed by atoms with Gasteiger partial charge in [0.05, 0.1) is 24.5 Å². The van der Waals surface area contributed by atoms with Crippen LogP contribution in [0.5, 0.6) is 0 Å². The van der Waals surface area contributed by atoms with Gasteiger partial charge in [0.15, 0.2) is 5.78 Å². The fourth-order valence-electron chi connectivity index (χ4n) is 3.22. The number of aromatic amines is 1. The van der Waals surface area contributed by atoms with Crippen LogP contribution in [0, 0.1) is 5.82 Å². The molecule has 0 aliphatic carbocycles. The van der Waals surface area contributed by atoms with Crippen LogP contribution in [-0.2, 0) is 6.18 Å². The Hall–Kier alpha value is -3.27. The van der Waals surface area contributed by atoms with E-state index < -0.39 is 11.7 Å². The topological polar surface area (TPSA) is 65.1 Å². The summed E-state index contributed by atoms with van der Waals surface area (Å²) in [6.45, 7) is 1.63. The highest BCUT2D eigenvalue weighted by Gasteiger charge is 2.31. The summed E-state index contributed by atoms with van der Waals surface area (Å²) in [5.41, 5.74) is 0.761. The summed E-state index contributed by atoms with van der Waals surface area (Å²) in [6, 6.07) is 9.74. The lowest BCUT2D eigenvalue weighted by atomic mass is 10.1. The number of aromatic nitrogens is 3. The molecule has 3 heterocycles. The molecule has 0 amide bonds. The van der Waals surface area contributed by atoms with Gasteiger partial charge in [-0.2, -0.15) is 18.3 Å². The Morgan fingerprint density at radius 3 is 2.53 bits per heavy atom. The molecule has 1 N–H and O–H groups in total. The Labute approximate surface area is 169 Å². The second-order valence-electron chi connectivity index (χ2n) is 6.96. The van der Waals surface area contributed by atoms with Crippen molar-refractivity contribution < 1.29 is 22.4 Å². The molecule has 4 rings (SSSR count). The van der Waals surface area contributed by atoms with Crippen molar-refractivity contribution in [3.05, 3.63) is 65.7 Å². The third-order valence-corrected chi connectivity index (χ3v) is 4.84. The summed E-state index contributed by atoms with van der Waals surface area (Å²) >= 11 is 0. The predicted molar refractivity (Wildman–Crippen MR) is 101 cm³/mol. The van der Waals surface area contributed by atoms with Crippen LogP contribution < -0.4 is 4.90 Å². The molecule has 0 atom stereocenters. The van der Waals surface area contributed by atoms with Gasteiger partial charge in [0.1, 0.15) is 17.3 Å². The second kappa shape index (κ2) is 7.86. The van der Waals surface area contributed by atoms with E-state index >= 15 is 0 Å². The van der Waals surface area contributed by atoms with Gasteiger partial charge in [-0.25, -0.2) is 9.37 Å². The van der Waals surface area contributed by atoms with Crippen molar-refractivity contribution >= 4 is 11.6 Å². The van der Waals surface area contributed by atoms with Crippen LogP contribution in [0.4, 0.5) is 23.4 Å². The van der Waals surface area contributed by atoms with E-state index in [0.29, 0.717) is 42.5 Å². The van der Waals surface area contributed by atoms with Crippen molar-refractivity contribution in [1.29, 1.82) is 0 Å². The van der Waals surface area contributed by atoms with Gasteiger partial charge in [-0.15, -0.1) is 0 Å². The zero-order valence-corrected chi connectivity index (χ0v) is 15.7. The number of pyridine rings is 1. The van der Waals surface area contributed by atoms with E-state index in [0.717, 1.165) is 12.3 Å². The number of carbonyl (C=O) groups is 1. The zero-order chi connectivity index (χ0) is 21.3. The zero-order valence-electron chi connectivity index (χ0n) is 15.7. The van der Waals surface area contributed by atoms with E-state index in [1.807, 2.05) is 9.80 Å². The highest BCUT2D eigenvalue weighted by molar-refractivity contribution is 5.96. The Morgan fingerprint density at radius 1 is 1.10 bits per heavy atom. The molecule has 1 fully saturated rings. The molecule has 0 bridgehead atoms. The van der Waals surface area contributed by atoms with Gasteiger partial charge in [0.25, 0.3) is 0 Å². The van der Waals surface area contributed by atoms with Crippen molar-refractivity contribution in [2.24, 2.45) is 0 Å². The maximum atomic E-state index is 13.0.